The Morgan fingerprint density at radius 1 is 0.769 bits per heavy atom. The lowest BCUT2D eigenvalue weighted by atomic mass is 9.97. The third-order valence-corrected chi connectivity index (χ3v) is 4.54. The van der Waals surface area contributed by atoms with Gasteiger partial charge in [0.05, 0.1) is 0 Å². The molecule has 0 spiro atoms. The van der Waals surface area contributed by atoms with Crippen molar-refractivity contribution in [2.45, 2.75) is 25.8 Å². The van der Waals surface area contributed by atoms with Gasteiger partial charge in [0.1, 0.15) is 0 Å². The summed E-state index contributed by atoms with van der Waals surface area (Å²) in [5.41, 5.74) is 5.24. The Morgan fingerprint density at radius 2 is 1.27 bits per heavy atom. The normalized spacial score (nSPS) is 11.7. The largest absolute Gasteiger partial charge is 0.314 e. The summed E-state index contributed by atoms with van der Waals surface area (Å²) in [7, 11) is 0. The maximum absolute atomic E-state index is 3.64. The summed E-state index contributed by atoms with van der Waals surface area (Å²) in [6, 6.07) is 32.4. The first kappa shape index (κ1) is 18.2. The standard InChI is InChI=1S/C25H27N/c1-21(20-22-12-5-2-6-13-22)26-19-11-18-25(23-14-7-3-8-15-23)24-16-9-4-10-17-24/h2-10,12-18,21,26H,11,19-20H2,1H3. The monoisotopic (exact) mass is 341 g/mol. The van der Waals surface area contributed by atoms with E-state index in [1.54, 1.807) is 0 Å². The van der Waals surface area contributed by atoms with Crippen LogP contribution in [0, 0.1) is 0 Å². The molecular weight excluding hydrogens is 314 g/mol. The molecular formula is C25H27N. The molecule has 3 rings (SSSR count). The third kappa shape index (κ3) is 5.44. The van der Waals surface area contributed by atoms with Crippen molar-refractivity contribution in [2.24, 2.45) is 0 Å². The zero-order chi connectivity index (χ0) is 18.0. The molecule has 0 amide bonds. The first-order valence-electron chi connectivity index (χ1n) is 9.41. The molecule has 0 heterocycles. The van der Waals surface area contributed by atoms with Gasteiger partial charge in [0.2, 0.25) is 0 Å². The summed E-state index contributed by atoms with van der Waals surface area (Å²) in [5.74, 6) is 0. The lowest BCUT2D eigenvalue weighted by Crippen LogP contribution is -2.28. The molecule has 26 heavy (non-hydrogen) atoms. The van der Waals surface area contributed by atoms with Gasteiger partial charge >= 0.3 is 0 Å². The predicted octanol–water partition coefficient (Wildman–Crippen LogP) is 5.73. The van der Waals surface area contributed by atoms with E-state index in [4.69, 9.17) is 0 Å². The van der Waals surface area contributed by atoms with Gasteiger partial charge in [-0.15, -0.1) is 0 Å². The molecule has 0 bridgehead atoms. The van der Waals surface area contributed by atoms with Crippen LogP contribution in [-0.2, 0) is 6.42 Å². The van der Waals surface area contributed by atoms with E-state index in [-0.39, 0.29) is 0 Å². The maximum Gasteiger partial charge on any atom is 0.00792 e. The molecule has 1 heteroatoms. The van der Waals surface area contributed by atoms with Gasteiger partial charge in [-0.2, -0.15) is 0 Å². The average Bonchev–Trinajstić information content (AvgIpc) is 2.70. The summed E-state index contributed by atoms with van der Waals surface area (Å²) in [4.78, 5) is 0. The number of rotatable bonds is 8. The van der Waals surface area contributed by atoms with Crippen LogP contribution < -0.4 is 5.32 Å². The third-order valence-electron chi connectivity index (χ3n) is 4.54. The van der Waals surface area contributed by atoms with Crippen LogP contribution in [-0.4, -0.2) is 12.6 Å². The van der Waals surface area contributed by atoms with Crippen molar-refractivity contribution in [1.29, 1.82) is 0 Å². The molecule has 1 unspecified atom stereocenters. The fourth-order valence-corrected chi connectivity index (χ4v) is 3.22. The lowest BCUT2D eigenvalue weighted by molar-refractivity contribution is 0.552. The molecule has 132 valence electrons. The van der Waals surface area contributed by atoms with Crippen LogP contribution in [0.25, 0.3) is 5.57 Å². The van der Waals surface area contributed by atoms with Crippen molar-refractivity contribution in [3.8, 4) is 0 Å². The van der Waals surface area contributed by atoms with Gasteiger partial charge in [0, 0.05) is 6.04 Å². The minimum Gasteiger partial charge on any atom is -0.314 e. The van der Waals surface area contributed by atoms with Crippen molar-refractivity contribution in [1.82, 2.24) is 5.32 Å². The van der Waals surface area contributed by atoms with Crippen molar-refractivity contribution in [3.63, 3.8) is 0 Å². The van der Waals surface area contributed by atoms with E-state index in [2.05, 4.69) is 109 Å². The zero-order valence-corrected chi connectivity index (χ0v) is 15.4. The minimum atomic E-state index is 0.475. The zero-order valence-electron chi connectivity index (χ0n) is 15.4. The summed E-state index contributed by atoms with van der Waals surface area (Å²) in [5, 5.41) is 3.64. The quantitative estimate of drug-likeness (QED) is 0.516. The van der Waals surface area contributed by atoms with Gasteiger partial charge in [0.15, 0.2) is 0 Å². The Balaban J connectivity index is 1.60. The first-order chi connectivity index (χ1) is 12.8. The van der Waals surface area contributed by atoms with E-state index >= 15 is 0 Å². The van der Waals surface area contributed by atoms with Crippen LogP contribution in [0.2, 0.25) is 0 Å². The molecule has 1 atom stereocenters. The Labute approximate surface area is 157 Å². The van der Waals surface area contributed by atoms with Crippen LogP contribution >= 0.6 is 0 Å². The topological polar surface area (TPSA) is 12.0 Å². The van der Waals surface area contributed by atoms with Crippen LogP contribution in [0.3, 0.4) is 0 Å². The molecule has 0 aliphatic rings. The SMILES string of the molecule is CC(Cc1ccccc1)NCCC=C(c1ccccc1)c1ccccc1. The second-order valence-electron chi connectivity index (χ2n) is 6.68. The Hall–Kier alpha value is -2.64. The molecule has 0 aliphatic heterocycles. The molecule has 0 radical (unpaired) electrons. The molecule has 3 aromatic rings. The minimum absolute atomic E-state index is 0.475. The van der Waals surface area contributed by atoms with Gasteiger partial charge in [-0.3, -0.25) is 0 Å². The van der Waals surface area contributed by atoms with E-state index in [0.717, 1.165) is 19.4 Å². The fourth-order valence-electron chi connectivity index (χ4n) is 3.22. The van der Waals surface area contributed by atoms with E-state index in [1.165, 1.54) is 22.3 Å². The second-order valence-corrected chi connectivity index (χ2v) is 6.68. The predicted molar refractivity (Wildman–Crippen MR) is 112 cm³/mol. The molecule has 0 fully saturated rings. The van der Waals surface area contributed by atoms with Crippen molar-refractivity contribution in [2.75, 3.05) is 6.54 Å². The van der Waals surface area contributed by atoms with E-state index in [0.29, 0.717) is 6.04 Å². The highest BCUT2D eigenvalue weighted by atomic mass is 14.9. The molecule has 3 aromatic carbocycles. The Morgan fingerprint density at radius 3 is 1.81 bits per heavy atom. The summed E-state index contributed by atoms with van der Waals surface area (Å²) in [6.07, 6.45) is 4.43. The summed E-state index contributed by atoms with van der Waals surface area (Å²) >= 11 is 0. The van der Waals surface area contributed by atoms with Crippen LogP contribution in [0.4, 0.5) is 0 Å². The molecule has 1 nitrogen and oxygen atoms in total. The molecule has 0 saturated carbocycles. The smallest absolute Gasteiger partial charge is 0.00792 e. The average molecular weight is 341 g/mol. The van der Waals surface area contributed by atoms with Crippen LogP contribution in [0.1, 0.15) is 30.0 Å². The van der Waals surface area contributed by atoms with Gasteiger partial charge in [0.25, 0.3) is 0 Å². The Kier molecular flexibility index (Phi) is 6.80. The highest BCUT2D eigenvalue weighted by Gasteiger charge is 2.05. The number of hydrogen-bond donors (Lipinski definition) is 1. The molecule has 1 N–H and O–H groups in total. The molecule has 0 aliphatic carbocycles. The van der Waals surface area contributed by atoms with E-state index in [1.807, 2.05) is 0 Å². The lowest BCUT2D eigenvalue weighted by Gasteiger charge is -2.14. The Bertz CT molecular complexity index is 750. The summed E-state index contributed by atoms with van der Waals surface area (Å²) < 4.78 is 0. The van der Waals surface area contributed by atoms with Crippen LogP contribution in [0.15, 0.2) is 97.1 Å². The number of hydrogen-bond acceptors (Lipinski definition) is 1. The summed E-state index contributed by atoms with van der Waals surface area (Å²) in [6.45, 7) is 3.24. The maximum atomic E-state index is 3.64. The van der Waals surface area contributed by atoms with E-state index < -0.39 is 0 Å². The second kappa shape index (κ2) is 9.74. The van der Waals surface area contributed by atoms with E-state index in [9.17, 15) is 0 Å². The highest BCUT2D eigenvalue weighted by Crippen LogP contribution is 2.23. The first-order valence-corrected chi connectivity index (χ1v) is 9.41. The van der Waals surface area contributed by atoms with Gasteiger partial charge in [-0.05, 0) is 48.6 Å². The fraction of sp³-hybridized carbons (Fsp3) is 0.200. The van der Waals surface area contributed by atoms with Gasteiger partial charge < -0.3 is 5.32 Å². The van der Waals surface area contributed by atoms with Crippen LogP contribution in [0.5, 0.6) is 0 Å². The van der Waals surface area contributed by atoms with Crippen molar-refractivity contribution in [3.05, 3.63) is 114 Å². The molecule has 0 saturated heterocycles. The van der Waals surface area contributed by atoms with Crippen molar-refractivity contribution < 1.29 is 0 Å². The number of nitrogens with one attached hydrogen (secondary N) is 1. The molecule has 0 aromatic heterocycles. The van der Waals surface area contributed by atoms with Crippen molar-refractivity contribution >= 4 is 5.57 Å². The van der Waals surface area contributed by atoms with Gasteiger partial charge in [-0.25, -0.2) is 0 Å². The highest BCUT2D eigenvalue weighted by molar-refractivity contribution is 5.79. The number of benzene rings is 3. The van der Waals surface area contributed by atoms with Gasteiger partial charge in [-0.1, -0.05) is 97.1 Å².